The summed E-state index contributed by atoms with van der Waals surface area (Å²) in [6.07, 6.45) is -0.498. The van der Waals surface area contributed by atoms with Crippen molar-refractivity contribution in [3.63, 3.8) is 0 Å². The number of fused-ring (bicyclic) bond motifs is 1. The van der Waals surface area contributed by atoms with Crippen LogP contribution >= 0.6 is 43.2 Å². The molecule has 0 saturated carbocycles. The number of rotatable bonds is 1. The highest BCUT2D eigenvalue weighted by atomic mass is 79.9. The van der Waals surface area contributed by atoms with E-state index < -0.39 is 11.7 Å². The molecule has 0 aliphatic rings. The molecule has 102 valence electrons. The van der Waals surface area contributed by atoms with Gasteiger partial charge < -0.3 is 4.74 Å². The zero-order valence-electron chi connectivity index (χ0n) is 10.6. The highest BCUT2D eigenvalue weighted by Gasteiger charge is 2.18. The van der Waals surface area contributed by atoms with Gasteiger partial charge >= 0.3 is 6.09 Å². The first kappa shape index (κ1) is 14.7. The number of halogens is 2. The first-order chi connectivity index (χ1) is 8.74. The molecule has 0 radical (unpaired) electrons. The van der Waals surface area contributed by atoms with Crippen molar-refractivity contribution in [3.05, 3.63) is 21.1 Å². The Hall–Kier alpha value is -0.660. The maximum absolute atomic E-state index is 11.7. The number of benzene rings is 1. The molecule has 0 atom stereocenters. The summed E-state index contributed by atoms with van der Waals surface area (Å²) in [4.78, 5) is 16.0. The van der Waals surface area contributed by atoms with Crippen molar-refractivity contribution >= 4 is 64.6 Å². The summed E-state index contributed by atoms with van der Waals surface area (Å²) in [7, 11) is 0. The van der Waals surface area contributed by atoms with Gasteiger partial charge in [-0.2, -0.15) is 0 Å². The van der Waals surface area contributed by atoms with Gasteiger partial charge in [-0.05, 0) is 48.8 Å². The number of ether oxygens (including phenoxy) is 1. The van der Waals surface area contributed by atoms with Gasteiger partial charge in [0, 0.05) is 8.95 Å². The van der Waals surface area contributed by atoms with E-state index in [-0.39, 0.29) is 0 Å². The van der Waals surface area contributed by atoms with E-state index >= 15 is 0 Å². The van der Waals surface area contributed by atoms with Crippen LogP contribution in [0.3, 0.4) is 0 Å². The normalized spacial score (nSPS) is 11.6. The molecule has 7 heteroatoms. The van der Waals surface area contributed by atoms with Crippen LogP contribution in [-0.4, -0.2) is 16.7 Å². The van der Waals surface area contributed by atoms with Crippen molar-refractivity contribution in [2.45, 2.75) is 26.4 Å². The smallest absolute Gasteiger partial charge is 0.413 e. The maximum Gasteiger partial charge on any atom is 0.413 e. The molecular formula is C12H12Br2N2O2S. The second-order valence-corrected chi connectivity index (χ2v) is 7.68. The Morgan fingerprint density at radius 2 is 2.05 bits per heavy atom. The van der Waals surface area contributed by atoms with E-state index in [1.807, 2.05) is 32.9 Å². The zero-order chi connectivity index (χ0) is 14.2. The van der Waals surface area contributed by atoms with Gasteiger partial charge in [-0.3, -0.25) is 5.32 Å². The Balaban J connectivity index is 2.23. The standard InChI is InChI=1S/C12H12Br2N2O2S/c1-12(2,3)18-11(17)16-10-15-9-7(14)4-6(13)5-8(9)19-10/h4-5H,1-3H3,(H,15,16,17). The van der Waals surface area contributed by atoms with E-state index in [1.54, 1.807) is 0 Å². The number of thiazole rings is 1. The minimum absolute atomic E-state index is 0.498. The van der Waals surface area contributed by atoms with Crippen LogP contribution in [0.5, 0.6) is 0 Å². The van der Waals surface area contributed by atoms with E-state index in [0.717, 1.165) is 19.2 Å². The fraction of sp³-hybridized carbons (Fsp3) is 0.333. The molecule has 0 fully saturated rings. The predicted octanol–water partition coefficient (Wildman–Crippen LogP) is 5.17. The van der Waals surface area contributed by atoms with Crippen LogP contribution in [0.1, 0.15) is 20.8 Å². The summed E-state index contributed by atoms with van der Waals surface area (Å²) in [5, 5.41) is 3.16. The molecule has 2 aromatic rings. The Kier molecular flexibility index (Phi) is 4.17. The summed E-state index contributed by atoms with van der Waals surface area (Å²) in [5.74, 6) is 0. The summed E-state index contributed by atoms with van der Waals surface area (Å²) in [6.45, 7) is 5.45. The van der Waals surface area contributed by atoms with Gasteiger partial charge in [0.1, 0.15) is 5.60 Å². The summed E-state index contributed by atoms with van der Waals surface area (Å²) in [6, 6.07) is 3.87. The highest BCUT2D eigenvalue weighted by Crippen LogP contribution is 2.34. The van der Waals surface area contributed by atoms with Gasteiger partial charge in [0.25, 0.3) is 0 Å². The lowest BCUT2D eigenvalue weighted by molar-refractivity contribution is 0.0636. The number of nitrogens with zero attached hydrogens (tertiary/aromatic N) is 1. The Morgan fingerprint density at radius 3 is 2.68 bits per heavy atom. The maximum atomic E-state index is 11.7. The molecule has 0 spiro atoms. The van der Waals surface area contributed by atoms with Gasteiger partial charge in [-0.25, -0.2) is 9.78 Å². The zero-order valence-corrected chi connectivity index (χ0v) is 14.6. The summed E-state index contributed by atoms with van der Waals surface area (Å²) >= 11 is 8.26. The van der Waals surface area contributed by atoms with Gasteiger partial charge in [-0.1, -0.05) is 27.3 Å². The van der Waals surface area contributed by atoms with Crippen molar-refractivity contribution < 1.29 is 9.53 Å². The molecule has 2 rings (SSSR count). The van der Waals surface area contributed by atoms with Crippen molar-refractivity contribution in [2.24, 2.45) is 0 Å². The highest BCUT2D eigenvalue weighted by molar-refractivity contribution is 9.11. The second-order valence-electron chi connectivity index (χ2n) is 4.88. The van der Waals surface area contributed by atoms with Crippen molar-refractivity contribution in [2.75, 3.05) is 5.32 Å². The molecule has 0 aliphatic heterocycles. The first-order valence-corrected chi connectivity index (χ1v) is 7.90. The van der Waals surface area contributed by atoms with E-state index in [0.29, 0.717) is 5.13 Å². The van der Waals surface area contributed by atoms with Crippen LogP contribution in [0.15, 0.2) is 21.1 Å². The molecule has 1 aromatic heterocycles. The minimum atomic E-state index is -0.523. The van der Waals surface area contributed by atoms with Gasteiger partial charge in [-0.15, -0.1) is 0 Å². The number of hydrogen-bond donors (Lipinski definition) is 1. The lowest BCUT2D eigenvalue weighted by Crippen LogP contribution is -2.27. The molecule has 1 amide bonds. The molecule has 1 heterocycles. The number of nitrogens with one attached hydrogen (secondary N) is 1. The average molecular weight is 408 g/mol. The first-order valence-electron chi connectivity index (χ1n) is 5.50. The Labute approximate surface area is 131 Å². The molecule has 0 saturated heterocycles. The van der Waals surface area contributed by atoms with Crippen LogP contribution in [0.25, 0.3) is 10.2 Å². The molecule has 0 aliphatic carbocycles. The van der Waals surface area contributed by atoms with E-state index in [9.17, 15) is 4.79 Å². The van der Waals surface area contributed by atoms with Crippen LogP contribution < -0.4 is 5.32 Å². The fourth-order valence-electron chi connectivity index (χ4n) is 1.40. The van der Waals surface area contributed by atoms with Crippen molar-refractivity contribution in [1.29, 1.82) is 0 Å². The molecule has 1 N–H and O–H groups in total. The summed E-state index contributed by atoms with van der Waals surface area (Å²) in [5.41, 5.74) is 0.295. The third kappa shape index (κ3) is 3.90. The van der Waals surface area contributed by atoms with Crippen molar-refractivity contribution in [1.82, 2.24) is 4.98 Å². The summed E-state index contributed by atoms with van der Waals surface area (Å²) < 4.78 is 8.00. The molecule has 19 heavy (non-hydrogen) atoms. The second kappa shape index (κ2) is 5.38. The minimum Gasteiger partial charge on any atom is -0.444 e. The largest absolute Gasteiger partial charge is 0.444 e. The topological polar surface area (TPSA) is 51.2 Å². The van der Waals surface area contributed by atoms with Crippen LogP contribution in [0.2, 0.25) is 0 Å². The van der Waals surface area contributed by atoms with E-state index in [4.69, 9.17) is 4.74 Å². The number of aromatic nitrogens is 1. The van der Waals surface area contributed by atoms with Crippen LogP contribution in [0.4, 0.5) is 9.93 Å². The number of amides is 1. The Morgan fingerprint density at radius 1 is 1.37 bits per heavy atom. The Bertz CT molecular complexity index is 634. The SMILES string of the molecule is CC(C)(C)OC(=O)Nc1nc2c(Br)cc(Br)cc2s1. The lowest BCUT2D eigenvalue weighted by atomic mass is 10.2. The number of carbonyl (C=O) groups excluding carboxylic acids is 1. The monoisotopic (exact) mass is 406 g/mol. The third-order valence-electron chi connectivity index (χ3n) is 2.02. The average Bonchev–Trinajstić information content (AvgIpc) is 2.56. The third-order valence-corrected chi connectivity index (χ3v) is 4.00. The van der Waals surface area contributed by atoms with Gasteiger partial charge in [0.05, 0.1) is 10.2 Å². The molecule has 4 nitrogen and oxygen atoms in total. The lowest BCUT2D eigenvalue weighted by Gasteiger charge is -2.18. The van der Waals surface area contributed by atoms with Crippen LogP contribution in [-0.2, 0) is 4.74 Å². The van der Waals surface area contributed by atoms with Crippen LogP contribution in [0, 0.1) is 0 Å². The quantitative estimate of drug-likeness (QED) is 0.709. The fourth-order valence-corrected chi connectivity index (χ4v) is 3.92. The molecular weight excluding hydrogens is 396 g/mol. The predicted molar refractivity (Wildman–Crippen MR) is 84.9 cm³/mol. The number of carbonyl (C=O) groups is 1. The number of hydrogen-bond acceptors (Lipinski definition) is 4. The van der Waals surface area contributed by atoms with Crippen molar-refractivity contribution in [3.8, 4) is 0 Å². The van der Waals surface area contributed by atoms with E-state index in [2.05, 4.69) is 42.2 Å². The van der Waals surface area contributed by atoms with E-state index in [1.165, 1.54) is 11.3 Å². The van der Waals surface area contributed by atoms with Gasteiger partial charge in [0.2, 0.25) is 0 Å². The number of anilines is 1. The van der Waals surface area contributed by atoms with Gasteiger partial charge in [0.15, 0.2) is 5.13 Å². The molecule has 1 aromatic carbocycles. The molecule has 0 unspecified atom stereocenters. The molecule has 0 bridgehead atoms.